The van der Waals surface area contributed by atoms with E-state index in [-0.39, 0.29) is 6.61 Å². The van der Waals surface area contributed by atoms with Crippen LogP contribution in [-0.4, -0.2) is 39.5 Å². The predicted molar refractivity (Wildman–Crippen MR) is 123 cm³/mol. The number of allylic oxidation sites excluding steroid dienone is 1. The fraction of sp³-hybridized carbons (Fsp3) is 0.292. The number of aliphatic hydroxyl groups excluding tert-OH is 1. The number of aliphatic hydroxyl groups is 1. The van der Waals surface area contributed by atoms with Gasteiger partial charge in [0, 0.05) is 18.7 Å². The van der Waals surface area contributed by atoms with Crippen molar-refractivity contribution < 1.29 is 19.4 Å². The minimum Gasteiger partial charge on any atom is -0.493 e. The van der Waals surface area contributed by atoms with Crippen LogP contribution in [0.2, 0.25) is 0 Å². The van der Waals surface area contributed by atoms with Gasteiger partial charge in [-0.05, 0) is 36.6 Å². The SMILES string of the molecule is COc1cc([C@@H]2C(C(N)=O)=C(C)Nc3nc(CCCO)nn32)ccc1OCc1ccccc1. The molecule has 1 amide bonds. The van der Waals surface area contributed by atoms with Crippen LogP contribution in [0.25, 0.3) is 0 Å². The highest BCUT2D eigenvalue weighted by atomic mass is 16.5. The maximum Gasteiger partial charge on any atom is 0.248 e. The number of rotatable bonds is 9. The van der Waals surface area contributed by atoms with Crippen LogP contribution in [0.5, 0.6) is 11.5 Å². The van der Waals surface area contributed by atoms with E-state index in [2.05, 4.69) is 15.4 Å². The van der Waals surface area contributed by atoms with Crippen LogP contribution < -0.4 is 20.5 Å². The number of methoxy groups -OCH3 is 1. The molecule has 0 saturated heterocycles. The molecule has 1 aliphatic heterocycles. The van der Waals surface area contributed by atoms with Crippen molar-refractivity contribution in [3.8, 4) is 11.5 Å². The van der Waals surface area contributed by atoms with E-state index in [0.717, 1.165) is 11.1 Å². The summed E-state index contributed by atoms with van der Waals surface area (Å²) in [6.45, 7) is 2.23. The lowest BCUT2D eigenvalue weighted by Crippen LogP contribution is -2.31. The highest BCUT2D eigenvalue weighted by Gasteiger charge is 2.33. The van der Waals surface area contributed by atoms with E-state index in [4.69, 9.17) is 20.3 Å². The number of carbonyl (C=O) groups excluding carboxylic acids is 1. The minimum atomic E-state index is -0.578. The van der Waals surface area contributed by atoms with Gasteiger partial charge in [-0.15, -0.1) is 0 Å². The van der Waals surface area contributed by atoms with Crippen LogP contribution in [0.1, 0.15) is 36.3 Å². The number of primary amides is 1. The molecule has 172 valence electrons. The van der Waals surface area contributed by atoms with Crippen molar-refractivity contribution in [1.29, 1.82) is 0 Å². The van der Waals surface area contributed by atoms with Gasteiger partial charge in [-0.3, -0.25) is 4.79 Å². The average Bonchev–Trinajstić information content (AvgIpc) is 3.23. The first kappa shape index (κ1) is 22.3. The zero-order valence-electron chi connectivity index (χ0n) is 18.6. The van der Waals surface area contributed by atoms with Gasteiger partial charge in [0.15, 0.2) is 17.3 Å². The molecular weight excluding hydrogens is 422 g/mol. The molecule has 0 fully saturated rings. The van der Waals surface area contributed by atoms with Gasteiger partial charge in [0.05, 0.1) is 12.7 Å². The largest absolute Gasteiger partial charge is 0.493 e. The van der Waals surface area contributed by atoms with Gasteiger partial charge < -0.3 is 25.6 Å². The maximum atomic E-state index is 12.4. The second-order valence-corrected chi connectivity index (χ2v) is 7.74. The summed E-state index contributed by atoms with van der Waals surface area (Å²) in [5.41, 5.74) is 8.56. The maximum absolute atomic E-state index is 12.4. The number of nitrogens with one attached hydrogen (secondary N) is 1. The topological polar surface area (TPSA) is 125 Å². The van der Waals surface area contributed by atoms with E-state index in [0.29, 0.717) is 54.0 Å². The number of aryl methyl sites for hydroxylation is 1. The number of ether oxygens (including phenoxy) is 2. The molecule has 3 aromatic rings. The minimum absolute atomic E-state index is 0.0478. The molecule has 1 atom stereocenters. The second-order valence-electron chi connectivity index (χ2n) is 7.74. The number of fused-ring (bicyclic) bond motifs is 1. The van der Waals surface area contributed by atoms with Crippen LogP contribution in [0.4, 0.5) is 5.95 Å². The Bertz CT molecular complexity index is 1170. The van der Waals surface area contributed by atoms with Crippen LogP contribution in [0.3, 0.4) is 0 Å². The van der Waals surface area contributed by atoms with Crippen molar-refractivity contribution in [3.05, 3.63) is 76.8 Å². The summed E-state index contributed by atoms with van der Waals surface area (Å²) < 4.78 is 13.2. The number of aromatic nitrogens is 3. The molecule has 4 N–H and O–H groups in total. The zero-order valence-corrected chi connectivity index (χ0v) is 18.6. The van der Waals surface area contributed by atoms with E-state index in [1.54, 1.807) is 18.7 Å². The third kappa shape index (κ3) is 4.68. The first-order valence-corrected chi connectivity index (χ1v) is 10.7. The molecule has 0 radical (unpaired) electrons. The van der Waals surface area contributed by atoms with Gasteiger partial charge in [-0.1, -0.05) is 36.4 Å². The van der Waals surface area contributed by atoms with E-state index in [1.807, 2.05) is 48.5 Å². The Morgan fingerprint density at radius 2 is 2.00 bits per heavy atom. The van der Waals surface area contributed by atoms with E-state index >= 15 is 0 Å². The summed E-state index contributed by atoms with van der Waals surface area (Å²) in [5, 5.41) is 16.8. The summed E-state index contributed by atoms with van der Waals surface area (Å²) in [4.78, 5) is 16.9. The standard InChI is InChI=1S/C24H27N5O4/c1-15-21(23(25)31)22(29-24(26-15)27-20(28-29)9-6-12-30)17-10-11-18(19(13-17)32-2)33-14-16-7-4-3-5-8-16/h3-5,7-8,10-11,13,22,30H,6,9,12,14H2,1-2H3,(H2,25,31)(H,26,27,28)/t22-/m1/s1. The third-order valence-electron chi connectivity index (χ3n) is 5.46. The first-order valence-electron chi connectivity index (χ1n) is 10.7. The Balaban J connectivity index is 1.69. The van der Waals surface area contributed by atoms with Crippen LogP contribution in [0.15, 0.2) is 59.8 Å². The Labute approximate surface area is 191 Å². The molecule has 2 aromatic carbocycles. The molecular formula is C24H27N5O4. The lowest BCUT2D eigenvalue weighted by molar-refractivity contribution is -0.115. The molecule has 0 aliphatic carbocycles. The zero-order chi connectivity index (χ0) is 23.4. The Morgan fingerprint density at radius 1 is 1.21 bits per heavy atom. The third-order valence-corrected chi connectivity index (χ3v) is 5.46. The van der Waals surface area contributed by atoms with Gasteiger partial charge in [-0.2, -0.15) is 10.1 Å². The molecule has 0 unspecified atom stereocenters. The predicted octanol–water partition coefficient (Wildman–Crippen LogP) is 2.56. The molecule has 1 aromatic heterocycles. The summed E-state index contributed by atoms with van der Waals surface area (Å²) >= 11 is 0. The fourth-order valence-corrected chi connectivity index (χ4v) is 3.87. The summed E-state index contributed by atoms with van der Waals surface area (Å²) in [6, 6.07) is 14.8. The number of carbonyl (C=O) groups is 1. The lowest BCUT2D eigenvalue weighted by Gasteiger charge is -2.28. The molecule has 9 heteroatoms. The quantitative estimate of drug-likeness (QED) is 0.458. The van der Waals surface area contributed by atoms with Crippen molar-refractivity contribution in [3.63, 3.8) is 0 Å². The van der Waals surface area contributed by atoms with Crippen LogP contribution >= 0.6 is 0 Å². The number of amides is 1. The lowest BCUT2D eigenvalue weighted by atomic mass is 9.95. The molecule has 9 nitrogen and oxygen atoms in total. The fourth-order valence-electron chi connectivity index (χ4n) is 3.87. The molecule has 0 spiro atoms. The van der Waals surface area contributed by atoms with Crippen LogP contribution in [-0.2, 0) is 17.8 Å². The molecule has 2 heterocycles. The van der Waals surface area contributed by atoms with E-state index in [1.165, 1.54) is 0 Å². The van der Waals surface area contributed by atoms with Crippen molar-refractivity contribution >= 4 is 11.9 Å². The second kappa shape index (κ2) is 9.74. The van der Waals surface area contributed by atoms with Crippen molar-refractivity contribution in [2.75, 3.05) is 19.0 Å². The number of hydrogen-bond donors (Lipinski definition) is 3. The summed E-state index contributed by atoms with van der Waals surface area (Å²) in [7, 11) is 1.57. The smallest absolute Gasteiger partial charge is 0.248 e. The Kier molecular flexibility index (Phi) is 6.60. The van der Waals surface area contributed by atoms with Gasteiger partial charge in [0.25, 0.3) is 0 Å². The molecule has 0 saturated carbocycles. The number of nitrogens with two attached hydrogens (primary N) is 1. The molecule has 1 aliphatic rings. The molecule has 0 bridgehead atoms. The summed E-state index contributed by atoms with van der Waals surface area (Å²) in [5.74, 6) is 1.66. The number of hydrogen-bond acceptors (Lipinski definition) is 7. The summed E-state index contributed by atoms with van der Waals surface area (Å²) in [6.07, 6.45) is 1.07. The number of nitrogens with zero attached hydrogens (tertiary/aromatic N) is 3. The van der Waals surface area contributed by atoms with Crippen molar-refractivity contribution in [1.82, 2.24) is 14.8 Å². The van der Waals surface area contributed by atoms with E-state index in [9.17, 15) is 4.79 Å². The van der Waals surface area contributed by atoms with Crippen molar-refractivity contribution in [2.45, 2.75) is 32.4 Å². The van der Waals surface area contributed by atoms with Gasteiger partial charge >= 0.3 is 0 Å². The van der Waals surface area contributed by atoms with Crippen LogP contribution in [0, 0.1) is 0 Å². The van der Waals surface area contributed by atoms with Gasteiger partial charge in [0.1, 0.15) is 12.6 Å². The molecule has 33 heavy (non-hydrogen) atoms. The Hall–Kier alpha value is -3.85. The monoisotopic (exact) mass is 449 g/mol. The van der Waals surface area contributed by atoms with Gasteiger partial charge in [0.2, 0.25) is 11.9 Å². The highest BCUT2D eigenvalue weighted by molar-refractivity contribution is 5.95. The Morgan fingerprint density at radius 3 is 2.70 bits per heavy atom. The van der Waals surface area contributed by atoms with E-state index < -0.39 is 11.9 Å². The first-order chi connectivity index (χ1) is 16.0. The molecule has 4 rings (SSSR count). The highest BCUT2D eigenvalue weighted by Crippen LogP contribution is 2.38. The number of anilines is 1. The normalized spacial score (nSPS) is 15.1. The van der Waals surface area contributed by atoms with Crippen molar-refractivity contribution in [2.24, 2.45) is 5.73 Å². The number of benzene rings is 2. The van der Waals surface area contributed by atoms with Gasteiger partial charge in [-0.25, -0.2) is 4.68 Å². The average molecular weight is 450 g/mol.